The zero-order valence-electron chi connectivity index (χ0n) is 13.2. The lowest BCUT2D eigenvalue weighted by molar-refractivity contribution is -0.119. The van der Waals surface area contributed by atoms with E-state index in [-0.39, 0.29) is 11.9 Å². The van der Waals surface area contributed by atoms with Gasteiger partial charge in [-0.25, -0.2) is 0 Å². The van der Waals surface area contributed by atoms with Crippen molar-refractivity contribution in [1.29, 1.82) is 0 Å². The number of rotatable bonds is 4. The standard InChI is InChI=1S/C19H19N3O/c1-14-8-10-18(11-9-14)21-19(23)15(2)22-13-17(12-20-22)16-6-4-3-5-7-16/h3-13,15H,1-2H3,(H,21,23)/t15-/m1/s1. The molecule has 0 unspecified atom stereocenters. The summed E-state index contributed by atoms with van der Waals surface area (Å²) >= 11 is 0. The number of hydrogen-bond donors (Lipinski definition) is 1. The molecule has 1 atom stereocenters. The Labute approximate surface area is 135 Å². The van der Waals surface area contributed by atoms with Gasteiger partial charge < -0.3 is 5.32 Å². The molecule has 1 heterocycles. The number of nitrogens with one attached hydrogen (secondary N) is 1. The van der Waals surface area contributed by atoms with E-state index in [2.05, 4.69) is 10.4 Å². The molecule has 116 valence electrons. The summed E-state index contributed by atoms with van der Waals surface area (Å²) in [5, 5.41) is 7.24. The molecule has 4 nitrogen and oxygen atoms in total. The van der Waals surface area contributed by atoms with Gasteiger partial charge in [-0.15, -0.1) is 0 Å². The molecule has 0 saturated heterocycles. The molecule has 23 heavy (non-hydrogen) atoms. The molecule has 0 saturated carbocycles. The number of carbonyl (C=O) groups is 1. The minimum atomic E-state index is -0.381. The second kappa shape index (κ2) is 6.48. The highest BCUT2D eigenvalue weighted by molar-refractivity contribution is 5.93. The van der Waals surface area contributed by atoms with E-state index in [1.807, 2.05) is 74.6 Å². The van der Waals surface area contributed by atoms with Crippen molar-refractivity contribution in [2.24, 2.45) is 0 Å². The Bertz CT molecular complexity index is 791. The molecular formula is C19H19N3O. The van der Waals surface area contributed by atoms with Crippen LogP contribution in [-0.4, -0.2) is 15.7 Å². The van der Waals surface area contributed by atoms with Gasteiger partial charge in [-0.2, -0.15) is 5.10 Å². The predicted octanol–water partition coefficient (Wildman–Crippen LogP) is 4.06. The van der Waals surface area contributed by atoms with Crippen LogP contribution in [0, 0.1) is 6.92 Å². The van der Waals surface area contributed by atoms with Crippen molar-refractivity contribution < 1.29 is 4.79 Å². The Balaban J connectivity index is 1.72. The van der Waals surface area contributed by atoms with Crippen molar-refractivity contribution in [3.8, 4) is 11.1 Å². The van der Waals surface area contributed by atoms with E-state index in [0.717, 1.165) is 22.4 Å². The first-order chi connectivity index (χ1) is 11.1. The number of nitrogens with zero attached hydrogens (tertiary/aromatic N) is 2. The first-order valence-electron chi connectivity index (χ1n) is 7.60. The number of carbonyl (C=O) groups excluding carboxylic acids is 1. The average molecular weight is 305 g/mol. The van der Waals surface area contributed by atoms with Crippen LogP contribution < -0.4 is 5.32 Å². The summed E-state index contributed by atoms with van der Waals surface area (Å²) in [6.45, 7) is 3.86. The van der Waals surface area contributed by atoms with E-state index in [1.165, 1.54) is 0 Å². The maximum absolute atomic E-state index is 12.4. The number of aryl methyl sites for hydroxylation is 1. The van der Waals surface area contributed by atoms with Gasteiger partial charge in [-0.3, -0.25) is 9.48 Å². The lowest BCUT2D eigenvalue weighted by Gasteiger charge is -2.12. The van der Waals surface area contributed by atoms with Crippen molar-refractivity contribution in [2.75, 3.05) is 5.32 Å². The quantitative estimate of drug-likeness (QED) is 0.790. The molecule has 3 aromatic rings. The van der Waals surface area contributed by atoms with Crippen LogP contribution in [0.2, 0.25) is 0 Å². The first-order valence-corrected chi connectivity index (χ1v) is 7.60. The number of hydrogen-bond acceptors (Lipinski definition) is 2. The first kappa shape index (κ1) is 15.0. The summed E-state index contributed by atoms with van der Waals surface area (Å²) in [6, 6.07) is 17.4. The van der Waals surface area contributed by atoms with Gasteiger partial charge in [0.2, 0.25) is 5.91 Å². The Morgan fingerprint density at radius 3 is 2.43 bits per heavy atom. The summed E-state index contributed by atoms with van der Waals surface area (Å²) in [5.41, 5.74) is 4.05. The highest BCUT2D eigenvalue weighted by Crippen LogP contribution is 2.20. The molecule has 0 radical (unpaired) electrons. The second-order valence-corrected chi connectivity index (χ2v) is 5.61. The van der Waals surface area contributed by atoms with Gasteiger partial charge in [-0.05, 0) is 31.5 Å². The van der Waals surface area contributed by atoms with E-state index >= 15 is 0 Å². The molecule has 0 aliphatic rings. The lowest BCUT2D eigenvalue weighted by atomic mass is 10.1. The number of aromatic nitrogens is 2. The summed E-state index contributed by atoms with van der Waals surface area (Å²) in [4.78, 5) is 12.4. The third-order valence-electron chi connectivity index (χ3n) is 3.80. The van der Waals surface area contributed by atoms with Gasteiger partial charge >= 0.3 is 0 Å². The van der Waals surface area contributed by atoms with Gasteiger partial charge in [0, 0.05) is 17.4 Å². The molecular weight excluding hydrogens is 286 g/mol. The summed E-state index contributed by atoms with van der Waals surface area (Å²) in [6.07, 6.45) is 3.68. The van der Waals surface area contributed by atoms with Gasteiger partial charge in [-0.1, -0.05) is 48.0 Å². The molecule has 2 aromatic carbocycles. The van der Waals surface area contributed by atoms with Crippen molar-refractivity contribution >= 4 is 11.6 Å². The topological polar surface area (TPSA) is 46.9 Å². The monoisotopic (exact) mass is 305 g/mol. The molecule has 4 heteroatoms. The van der Waals surface area contributed by atoms with Gasteiger partial charge in [0.1, 0.15) is 6.04 Å². The third kappa shape index (κ3) is 3.48. The third-order valence-corrected chi connectivity index (χ3v) is 3.80. The maximum Gasteiger partial charge on any atom is 0.248 e. The zero-order chi connectivity index (χ0) is 16.2. The van der Waals surface area contributed by atoms with Crippen LogP contribution in [-0.2, 0) is 4.79 Å². The molecule has 0 spiro atoms. The van der Waals surface area contributed by atoms with Crippen LogP contribution in [0.5, 0.6) is 0 Å². The maximum atomic E-state index is 12.4. The van der Waals surface area contributed by atoms with E-state index in [0.29, 0.717) is 0 Å². The molecule has 1 amide bonds. The van der Waals surface area contributed by atoms with Crippen LogP contribution >= 0.6 is 0 Å². The second-order valence-electron chi connectivity index (χ2n) is 5.61. The molecule has 1 aromatic heterocycles. The molecule has 1 N–H and O–H groups in total. The fourth-order valence-corrected chi connectivity index (χ4v) is 2.33. The van der Waals surface area contributed by atoms with Crippen molar-refractivity contribution in [3.05, 3.63) is 72.6 Å². The van der Waals surface area contributed by atoms with E-state index < -0.39 is 0 Å². The fourth-order valence-electron chi connectivity index (χ4n) is 2.33. The number of amides is 1. The summed E-state index contributed by atoms with van der Waals surface area (Å²) in [7, 11) is 0. The van der Waals surface area contributed by atoms with Crippen LogP contribution in [0.1, 0.15) is 18.5 Å². The fraction of sp³-hybridized carbons (Fsp3) is 0.158. The Kier molecular flexibility index (Phi) is 4.24. The highest BCUT2D eigenvalue weighted by atomic mass is 16.2. The molecule has 0 aliphatic heterocycles. The van der Waals surface area contributed by atoms with Crippen molar-refractivity contribution in [3.63, 3.8) is 0 Å². The van der Waals surface area contributed by atoms with Crippen LogP contribution in [0.3, 0.4) is 0 Å². The minimum Gasteiger partial charge on any atom is -0.324 e. The highest BCUT2D eigenvalue weighted by Gasteiger charge is 2.16. The van der Waals surface area contributed by atoms with Gasteiger partial charge in [0.05, 0.1) is 6.20 Å². The molecule has 3 rings (SSSR count). The summed E-state index contributed by atoms with van der Waals surface area (Å²) in [5.74, 6) is -0.0865. The van der Waals surface area contributed by atoms with Crippen LogP contribution in [0.25, 0.3) is 11.1 Å². The number of anilines is 1. The van der Waals surface area contributed by atoms with E-state index in [1.54, 1.807) is 10.9 Å². The van der Waals surface area contributed by atoms with Gasteiger partial charge in [0.25, 0.3) is 0 Å². The molecule has 0 bridgehead atoms. The number of benzene rings is 2. The Hall–Kier alpha value is -2.88. The van der Waals surface area contributed by atoms with Crippen molar-refractivity contribution in [1.82, 2.24) is 9.78 Å². The van der Waals surface area contributed by atoms with Crippen LogP contribution in [0.15, 0.2) is 67.0 Å². The molecule has 0 fully saturated rings. The smallest absolute Gasteiger partial charge is 0.248 e. The SMILES string of the molecule is Cc1ccc(NC(=O)[C@@H](C)n2cc(-c3ccccc3)cn2)cc1. The van der Waals surface area contributed by atoms with Crippen LogP contribution in [0.4, 0.5) is 5.69 Å². The Morgan fingerprint density at radius 2 is 1.74 bits per heavy atom. The van der Waals surface area contributed by atoms with E-state index in [4.69, 9.17) is 0 Å². The largest absolute Gasteiger partial charge is 0.324 e. The summed E-state index contributed by atoms with van der Waals surface area (Å²) < 4.78 is 1.69. The predicted molar refractivity (Wildman–Crippen MR) is 92.2 cm³/mol. The minimum absolute atomic E-state index is 0.0865. The molecule has 0 aliphatic carbocycles. The average Bonchev–Trinajstić information content (AvgIpc) is 3.07. The normalized spacial score (nSPS) is 11.9. The lowest BCUT2D eigenvalue weighted by Crippen LogP contribution is -2.23. The van der Waals surface area contributed by atoms with Crippen molar-refractivity contribution in [2.45, 2.75) is 19.9 Å². The van der Waals surface area contributed by atoms with Gasteiger partial charge in [0.15, 0.2) is 0 Å². The zero-order valence-corrected chi connectivity index (χ0v) is 13.2. The van der Waals surface area contributed by atoms with E-state index in [9.17, 15) is 4.79 Å². The Morgan fingerprint density at radius 1 is 1.04 bits per heavy atom.